The Kier molecular flexibility index (Phi) is 4.93. The molecule has 2 N–H and O–H groups in total. The summed E-state index contributed by atoms with van der Waals surface area (Å²) in [4.78, 5) is 12.5. The lowest BCUT2D eigenvalue weighted by Crippen LogP contribution is -2.44. The normalized spacial score (nSPS) is 28.7. The SMILES string of the molecule is COc1cc(C(=O)N[C@@H]2CO[C@H]3[C@@H]2OC[C@H]3O)ccc1OC(C)C. The lowest BCUT2D eigenvalue weighted by atomic mass is 10.1. The monoisotopic (exact) mass is 337 g/mol. The fourth-order valence-electron chi connectivity index (χ4n) is 3.01. The van der Waals surface area contributed by atoms with Crippen LogP contribution in [0.5, 0.6) is 11.5 Å². The molecule has 3 rings (SSSR count). The first-order chi connectivity index (χ1) is 11.5. The number of nitrogens with one attached hydrogen (secondary N) is 1. The number of amides is 1. The third-order valence-electron chi connectivity index (χ3n) is 4.13. The molecular formula is C17H23NO6. The quantitative estimate of drug-likeness (QED) is 0.824. The van der Waals surface area contributed by atoms with E-state index < -0.39 is 6.10 Å². The van der Waals surface area contributed by atoms with Crippen LogP contribution in [0.4, 0.5) is 0 Å². The third-order valence-corrected chi connectivity index (χ3v) is 4.13. The van der Waals surface area contributed by atoms with Gasteiger partial charge in [-0.05, 0) is 32.0 Å². The van der Waals surface area contributed by atoms with Gasteiger partial charge in [0.25, 0.3) is 5.91 Å². The summed E-state index contributed by atoms with van der Waals surface area (Å²) in [6.07, 6.45) is -1.30. The number of methoxy groups -OCH3 is 1. The summed E-state index contributed by atoms with van der Waals surface area (Å²) in [5.41, 5.74) is 0.463. The number of hydrogen-bond donors (Lipinski definition) is 2. The topological polar surface area (TPSA) is 86.3 Å². The van der Waals surface area contributed by atoms with Crippen molar-refractivity contribution in [2.75, 3.05) is 20.3 Å². The van der Waals surface area contributed by atoms with E-state index in [9.17, 15) is 9.90 Å². The van der Waals surface area contributed by atoms with Crippen LogP contribution >= 0.6 is 0 Å². The molecule has 0 aromatic heterocycles. The van der Waals surface area contributed by atoms with Crippen molar-refractivity contribution in [3.63, 3.8) is 0 Å². The van der Waals surface area contributed by atoms with Gasteiger partial charge in [-0.2, -0.15) is 0 Å². The van der Waals surface area contributed by atoms with Gasteiger partial charge in [-0.3, -0.25) is 4.79 Å². The molecule has 2 fully saturated rings. The zero-order chi connectivity index (χ0) is 17.3. The van der Waals surface area contributed by atoms with Crippen LogP contribution in [-0.4, -0.2) is 61.8 Å². The maximum Gasteiger partial charge on any atom is 0.251 e. The molecule has 0 aliphatic carbocycles. The van der Waals surface area contributed by atoms with E-state index in [-0.39, 0.29) is 36.9 Å². The molecule has 1 amide bonds. The summed E-state index contributed by atoms with van der Waals surface area (Å²) < 4.78 is 22.0. The third kappa shape index (κ3) is 3.33. The number of carbonyl (C=O) groups excluding carboxylic acids is 1. The fraction of sp³-hybridized carbons (Fsp3) is 0.588. The first kappa shape index (κ1) is 17.0. The number of hydrogen-bond acceptors (Lipinski definition) is 6. The molecule has 24 heavy (non-hydrogen) atoms. The Balaban J connectivity index is 1.69. The molecule has 1 aromatic carbocycles. The van der Waals surface area contributed by atoms with Gasteiger partial charge in [0.2, 0.25) is 0 Å². The summed E-state index contributed by atoms with van der Waals surface area (Å²) in [5, 5.41) is 12.6. The van der Waals surface area contributed by atoms with Crippen LogP contribution in [0.25, 0.3) is 0 Å². The molecule has 0 spiro atoms. The lowest BCUT2D eigenvalue weighted by Gasteiger charge is -2.18. The van der Waals surface area contributed by atoms with E-state index in [1.54, 1.807) is 18.2 Å². The van der Waals surface area contributed by atoms with Gasteiger partial charge < -0.3 is 29.4 Å². The lowest BCUT2D eigenvalue weighted by molar-refractivity contribution is 0.0178. The minimum Gasteiger partial charge on any atom is -0.493 e. The Hall–Kier alpha value is -1.83. The molecule has 0 unspecified atom stereocenters. The molecular weight excluding hydrogens is 314 g/mol. The molecule has 1 aromatic rings. The Morgan fingerprint density at radius 3 is 2.71 bits per heavy atom. The van der Waals surface area contributed by atoms with Crippen LogP contribution in [0.2, 0.25) is 0 Å². The maximum atomic E-state index is 12.5. The van der Waals surface area contributed by atoms with Crippen molar-refractivity contribution < 1.29 is 28.8 Å². The van der Waals surface area contributed by atoms with Gasteiger partial charge in [0.15, 0.2) is 11.5 Å². The van der Waals surface area contributed by atoms with Crippen molar-refractivity contribution in [1.29, 1.82) is 0 Å². The second-order valence-electron chi connectivity index (χ2n) is 6.28. The molecule has 7 nitrogen and oxygen atoms in total. The molecule has 2 saturated heterocycles. The number of aliphatic hydroxyl groups excluding tert-OH is 1. The van der Waals surface area contributed by atoms with Gasteiger partial charge in [0.1, 0.15) is 18.3 Å². The van der Waals surface area contributed by atoms with Gasteiger partial charge in [-0.1, -0.05) is 0 Å². The zero-order valence-electron chi connectivity index (χ0n) is 14.0. The van der Waals surface area contributed by atoms with Crippen molar-refractivity contribution >= 4 is 5.91 Å². The number of rotatable bonds is 5. The zero-order valence-corrected chi connectivity index (χ0v) is 14.0. The largest absolute Gasteiger partial charge is 0.493 e. The molecule has 0 bridgehead atoms. The minimum atomic E-state index is -0.635. The number of ether oxygens (including phenoxy) is 4. The van der Waals surface area contributed by atoms with E-state index >= 15 is 0 Å². The highest BCUT2D eigenvalue weighted by Crippen LogP contribution is 2.30. The molecule has 7 heteroatoms. The van der Waals surface area contributed by atoms with Crippen molar-refractivity contribution in [1.82, 2.24) is 5.32 Å². The predicted molar refractivity (Wildman–Crippen MR) is 85.5 cm³/mol. The van der Waals surface area contributed by atoms with E-state index in [1.807, 2.05) is 13.8 Å². The van der Waals surface area contributed by atoms with E-state index in [0.29, 0.717) is 23.7 Å². The summed E-state index contributed by atoms with van der Waals surface area (Å²) in [6.45, 7) is 4.40. The summed E-state index contributed by atoms with van der Waals surface area (Å²) >= 11 is 0. The number of fused-ring (bicyclic) bond motifs is 1. The van der Waals surface area contributed by atoms with Gasteiger partial charge in [-0.15, -0.1) is 0 Å². The van der Waals surface area contributed by atoms with Crippen LogP contribution < -0.4 is 14.8 Å². The number of benzene rings is 1. The minimum absolute atomic E-state index is 0.0112. The Morgan fingerprint density at radius 2 is 2.00 bits per heavy atom. The van der Waals surface area contributed by atoms with Crippen molar-refractivity contribution in [2.45, 2.75) is 44.3 Å². The molecule has 0 saturated carbocycles. The van der Waals surface area contributed by atoms with Crippen molar-refractivity contribution in [3.8, 4) is 11.5 Å². The molecule has 132 valence electrons. The average Bonchev–Trinajstić information content (AvgIpc) is 3.11. The summed E-state index contributed by atoms with van der Waals surface area (Å²) in [6, 6.07) is 4.77. The smallest absolute Gasteiger partial charge is 0.251 e. The van der Waals surface area contributed by atoms with Crippen LogP contribution in [0.3, 0.4) is 0 Å². The first-order valence-electron chi connectivity index (χ1n) is 8.06. The Bertz CT molecular complexity index is 605. The predicted octanol–water partition coefficient (Wildman–Crippen LogP) is 0.739. The first-order valence-corrected chi connectivity index (χ1v) is 8.06. The molecule has 0 radical (unpaired) electrons. The Labute approximate surface area is 140 Å². The average molecular weight is 337 g/mol. The second kappa shape index (κ2) is 6.96. The van der Waals surface area contributed by atoms with Crippen LogP contribution in [0.15, 0.2) is 18.2 Å². The highest BCUT2D eigenvalue weighted by molar-refractivity contribution is 5.95. The van der Waals surface area contributed by atoms with E-state index in [0.717, 1.165) is 0 Å². The van der Waals surface area contributed by atoms with Crippen LogP contribution in [0.1, 0.15) is 24.2 Å². The highest BCUT2D eigenvalue weighted by Gasteiger charge is 2.47. The van der Waals surface area contributed by atoms with Crippen LogP contribution in [-0.2, 0) is 9.47 Å². The molecule has 2 heterocycles. The van der Waals surface area contributed by atoms with E-state index in [1.165, 1.54) is 7.11 Å². The highest BCUT2D eigenvalue weighted by atomic mass is 16.6. The van der Waals surface area contributed by atoms with E-state index in [2.05, 4.69) is 5.32 Å². The summed E-state index contributed by atoms with van der Waals surface area (Å²) in [7, 11) is 1.54. The number of carbonyl (C=O) groups is 1. The molecule has 2 aliphatic heterocycles. The Morgan fingerprint density at radius 1 is 1.25 bits per heavy atom. The van der Waals surface area contributed by atoms with Gasteiger partial charge >= 0.3 is 0 Å². The van der Waals surface area contributed by atoms with Crippen molar-refractivity contribution in [3.05, 3.63) is 23.8 Å². The van der Waals surface area contributed by atoms with Gasteiger partial charge in [-0.25, -0.2) is 0 Å². The standard InChI is InChI=1S/C17H23NO6/c1-9(2)24-13-5-4-10(6-14(13)21-3)17(20)18-11-7-22-16-12(19)8-23-15(11)16/h4-6,9,11-12,15-16,19H,7-8H2,1-3H3,(H,18,20)/t11-,12-,15-,16-/m1/s1. The van der Waals surface area contributed by atoms with Crippen molar-refractivity contribution in [2.24, 2.45) is 0 Å². The van der Waals surface area contributed by atoms with Gasteiger partial charge in [0, 0.05) is 5.56 Å². The number of aliphatic hydroxyl groups is 1. The molecule has 2 aliphatic rings. The summed E-state index contributed by atoms with van der Waals surface area (Å²) in [5.74, 6) is 0.851. The van der Waals surface area contributed by atoms with Crippen LogP contribution in [0, 0.1) is 0 Å². The van der Waals surface area contributed by atoms with Gasteiger partial charge in [0.05, 0.1) is 32.5 Å². The van der Waals surface area contributed by atoms with E-state index in [4.69, 9.17) is 18.9 Å². The maximum absolute atomic E-state index is 12.5. The second-order valence-corrected chi connectivity index (χ2v) is 6.28. The molecule has 4 atom stereocenters. The fourth-order valence-corrected chi connectivity index (χ4v) is 3.01.